The van der Waals surface area contributed by atoms with Gasteiger partial charge in [-0.05, 0) is 73.9 Å². The predicted octanol–water partition coefficient (Wildman–Crippen LogP) is 5.63. The number of nitrogens with zero attached hydrogens (tertiary/aromatic N) is 5. The van der Waals surface area contributed by atoms with Crippen molar-refractivity contribution < 1.29 is 0 Å². The molecule has 3 saturated heterocycles. The van der Waals surface area contributed by atoms with Crippen molar-refractivity contribution in [1.82, 2.24) is 20.2 Å². The van der Waals surface area contributed by atoms with Gasteiger partial charge in [-0.2, -0.15) is 5.26 Å². The first kappa shape index (κ1) is 26.8. The highest BCUT2D eigenvalue weighted by atomic mass is 15.4. The van der Waals surface area contributed by atoms with E-state index in [0.29, 0.717) is 29.3 Å². The van der Waals surface area contributed by atoms with Crippen LogP contribution in [0.15, 0.2) is 65.3 Å². The molecule has 2 aromatic rings. The van der Waals surface area contributed by atoms with Gasteiger partial charge in [0, 0.05) is 72.9 Å². The highest BCUT2D eigenvalue weighted by Crippen LogP contribution is 2.36. The van der Waals surface area contributed by atoms with Crippen molar-refractivity contribution in [1.29, 1.82) is 10.7 Å². The van der Waals surface area contributed by atoms with Crippen LogP contribution < -0.4 is 10.2 Å². The number of piperidine rings is 1. The Labute approximate surface area is 232 Å². The molecule has 2 aromatic heterocycles. The third-order valence-corrected chi connectivity index (χ3v) is 8.25. The summed E-state index contributed by atoms with van der Waals surface area (Å²) in [5.74, 6) is 1.61. The average molecular weight is 522 g/mol. The summed E-state index contributed by atoms with van der Waals surface area (Å²) < 4.78 is 0. The van der Waals surface area contributed by atoms with Crippen LogP contribution >= 0.6 is 0 Å². The number of pyridine rings is 2. The Morgan fingerprint density at radius 3 is 2.56 bits per heavy atom. The van der Waals surface area contributed by atoms with Crippen molar-refractivity contribution in [2.24, 2.45) is 5.92 Å². The van der Waals surface area contributed by atoms with Crippen molar-refractivity contribution in [2.75, 3.05) is 18.0 Å². The Morgan fingerprint density at radius 1 is 1.18 bits per heavy atom. The van der Waals surface area contributed by atoms with Crippen molar-refractivity contribution in [3.8, 4) is 6.07 Å². The van der Waals surface area contributed by atoms with E-state index in [1.807, 2.05) is 19.3 Å². The van der Waals surface area contributed by atoms with E-state index in [2.05, 4.69) is 77.3 Å². The number of nitriles is 1. The summed E-state index contributed by atoms with van der Waals surface area (Å²) in [6.07, 6.45) is 11.5. The van der Waals surface area contributed by atoms with Crippen LogP contribution in [0.25, 0.3) is 5.57 Å². The molecule has 4 aliphatic heterocycles. The van der Waals surface area contributed by atoms with E-state index in [1.54, 1.807) is 0 Å². The Morgan fingerprint density at radius 2 is 1.97 bits per heavy atom. The molecule has 2 unspecified atom stereocenters. The number of allylic oxidation sites excluding steroid dienone is 5. The molecule has 0 amide bonds. The van der Waals surface area contributed by atoms with E-state index in [9.17, 15) is 5.26 Å². The van der Waals surface area contributed by atoms with Crippen molar-refractivity contribution in [2.45, 2.75) is 72.0 Å². The van der Waals surface area contributed by atoms with Crippen LogP contribution in [0.3, 0.4) is 0 Å². The minimum absolute atomic E-state index is 0.323. The molecule has 0 radical (unpaired) electrons. The van der Waals surface area contributed by atoms with Crippen LogP contribution in [0, 0.1) is 22.7 Å². The van der Waals surface area contributed by atoms with Crippen LogP contribution in [0.2, 0.25) is 0 Å². The van der Waals surface area contributed by atoms with Gasteiger partial charge in [0.1, 0.15) is 11.9 Å². The number of anilines is 1. The first-order chi connectivity index (χ1) is 18.9. The van der Waals surface area contributed by atoms with Crippen LogP contribution in [0.5, 0.6) is 0 Å². The number of aryl methyl sites for hydroxylation is 1. The maximum atomic E-state index is 9.68. The minimum Gasteiger partial charge on any atom is -0.357 e. The lowest BCUT2D eigenvalue weighted by molar-refractivity contribution is -0.00876. The molecule has 4 aliphatic rings. The molecule has 0 aliphatic carbocycles. The predicted molar refractivity (Wildman–Crippen MR) is 157 cm³/mol. The number of rotatable bonds is 9. The van der Waals surface area contributed by atoms with E-state index in [4.69, 9.17) is 10.4 Å². The fourth-order valence-corrected chi connectivity index (χ4v) is 5.83. The fourth-order valence-electron chi connectivity index (χ4n) is 5.83. The Balaban J connectivity index is 1.31. The number of hydrogen-bond acceptors (Lipinski definition) is 7. The lowest BCUT2D eigenvalue weighted by Gasteiger charge is -2.56. The zero-order chi connectivity index (χ0) is 27.5. The second-order valence-electron chi connectivity index (χ2n) is 11.3. The van der Waals surface area contributed by atoms with Crippen molar-refractivity contribution >= 4 is 17.6 Å². The normalized spacial score (nSPS) is 22.2. The first-order valence-electron chi connectivity index (χ1n) is 14.1. The fraction of sp³-hybridized carbons (Fsp3) is 0.438. The van der Waals surface area contributed by atoms with Gasteiger partial charge in [0.05, 0.1) is 11.3 Å². The molecule has 202 valence electrons. The molecule has 6 heterocycles. The second kappa shape index (κ2) is 11.5. The highest BCUT2D eigenvalue weighted by molar-refractivity contribution is 5.93. The molecule has 0 spiro atoms. The number of nitrogens with one attached hydrogen (secondary N) is 2. The number of aromatic nitrogens is 2. The van der Waals surface area contributed by atoms with Crippen LogP contribution in [0.1, 0.15) is 63.8 Å². The summed E-state index contributed by atoms with van der Waals surface area (Å²) in [4.78, 5) is 14.5. The summed E-state index contributed by atoms with van der Waals surface area (Å²) in [6, 6.07) is 11.8. The second-order valence-corrected chi connectivity index (χ2v) is 11.3. The van der Waals surface area contributed by atoms with Crippen molar-refractivity contribution in [3.05, 3.63) is 82.1 Å². The zero-order valence-electron chi connectivity index (χ0n) is 23.5. The smallest absolute Gasteiger partial charge is 0.128 e. The first-order valence-corrected chi connectivity index (χ1v) is 14.1. The van der Waals surface area contributed by atoms with Gasteiger partial charge in [0.15, 0.2) is 0 Å². The van der Waals surface area contributed by atoms with Gasteiger partial charge in [-0.15, -0.1) is 0 Å². The highest BCUT2D eigenvalue weighted by Gasteiger charge is 2.44. The third kappa shape index (κ3) is 5.67. The molecule has 39 heavy (non-hydrogen) atoms. The van der Waals surface area contributed by atoms with Gasteiger partial charge in [0.25, 0.3) is 0 Å². The molecule has 7 heteroatoms. The topological polar surface area (TPSA) is 91.9 Å². The lowest BCUT2D eigenvalue weighted by atomic mass is 9.86. The minimum atomic E-state index is 0.323. The quantitative estimate of drug-likeness (QED) is 0.328. The molecule has 2 N–H and O–H groups in total. The summed E-state index contributed by atoms with van der Waals surface area (Å²) in [7, 11) is 0. The van der Waals surface area contributed by atoms with Crippen LogP contribution in [-0.4, -0.2) is 46.3 Å². The van der Waals surface area contributed by atoms with Crippen molar-refractivity contribution in [3.63, 3.8) is 0 Å². The average Bonchev–Trinajstić information content (AvgIpc) is 2.96. The molecule has 3 fully saturated rings. The molecular formula is C32H39N7. The van der Waals surface area contributed by atoms with E-state index >= 15 is 0 Å². The number of piperazine rings is 1. The van der Waals surface area contributed by atoms with E-state index < -0.39 is 0 Å². The van der Waals surface area contributed by atoms with Gasteiger partial charge < -0.3 is 15.6 Å². The molecule has 0 saturated carbocycles. The van der Waals surface area contributed by atoms with E-state index in [1.165, 1.54) is 17.6 Å². The third-order valence-electron chi connectivity index (χ3n) is 8.25. The maximum Gasteiger partial charge on any atom is 0.128 e. The zero-order valence-corrected chi connectivity index (χ0v) is 23.5. The summed E-state index contributed by atoms with van der Waals surface area (Å²) >= 11 is 0. The Bertz CT molecular complexity index is 1330. The molecule has 0 aromatic carbocycles. The van der Waals surface area contributed by atoms with Gasteiger partial charge in [0.2, 0.25) is 0 Å². The molecule has 6 rings (SSSR count). The van der Waals surface area contributed by atoms with E-state index in [-0.39, 0.29) is 0 Å². The Hall–Kier alpha value is -3.76. The van der Waals surface area contributed by atoms with Gasteiger partial charge in [-0.3, -0.25) is 9.88 Å². The monoisotopic (exact) mass is 521 g/mol. The number of hydrogen-bond donors (Lipinski definition) is 2. The number of fused-ring (bicyclic) bond motifs is 2. The molecular weight excluding hydrogens is 482 g/mol. The van der Waals surface area contributed by atoms with Gasteiger partial charge >= 0.3 is 0 Å². The van der Waals surface area contributed by atoms with Crippen LogP contribution in [0.4, 0.5) is 5.82 Å². The molecule has 2 atom stereocenters. The summed E-state index contributed by atoms with van der Waals surface area (Å²) in [5, 5.41) is 20.9. The largest absolute Gasteiger partial charge is 0.357 e. The van der Waals surface area contributed by atoms with Gasteiger partial charge in [-0.1, -0.05) is 26.8 Å². The molecule has 2 bridgehead atoms. The lowest BCUT2D eigenvalue weighted by Crippen LogP contribution is -2.68. The van der Waals surface area contributed by atoms with E-state index in [0.717, 1.165) is 73.5 Å². The van der Waals surface area contributed by atoms with Gasteiger partial charge in [-0.25, -0.2) is 4.98 Å². The van der Waals surface area contributed by atoms with Crippen LogP contribution in [-0.2, 0) is 13.0 Å². The standard InChI is InChI=1S/C32H39N7/c1-5-27-10-7-23(16-35-27)18-39-28-13-29(39)20-38(19-28)31-11-9-25(17-36-31)30-12-24(8-6-21(2)3)22(4)37-32(30)26(14-33)15-34/h7,9-12,14,16-17,21,28-29,33,37H,5-6,8,13,18-20H2,1-4H3/b32-26+,33-14?. The number of dihydropyridines is 1. The Kier molecular flexibility index (Phi) is 7.94. The maximum absolute atomic E-state index is 9.68. The SMILES string of the molecule is CCc1ccc(CN2C3CC2CN(c2ccc(C4=CC(CCC(C)C)=C(C)N/C4=C(/C#N)C=N)cn2)C3)cn1. The molecule has 7 nitrogen and oxygen atoms in total. The summed E-state index contributed by atoms with van der Waals surface area (Å²) in [5.41, 5.74) is 7.60. The summed E-state index contributed by atoms with van der Waals surface area (Å²) in [6.45, 7) is 11.6.